The van der Waals surface area contributed by atoms with Gasteiger partial charge in [0.15, 0.2) is 37.7 Å². The Balaban J connectivity index is 0.843. The lowest BCUT2D eigenvalue weighted by Crippen LogP contribution is -2.68. The highest BCUT2D eigenvalue weighted by molar-refractivity contribution is 5.86. The molecule has 0 unspecified atom stereocenters. The molecule has 100 heavy (non-hydrogen) atoms. The number of esters is 1. The summed E-state index contributed by atoms with van der Waals surface area (Å²) >= 11 is 0. The lowest BCUT2D eigenvalue weighted by Gasteiger charge is -2.64. The zero-order valence-electron chi connectivity index (χ0n) is 58.2. The summed E-state index contributed by atoms with van der Waals surface area (Å²) in [7, 11) is 2.35. The van der Waals surface area contributed by atoms with Crippen molar-refractivity contribution in [1.29, 1.82) is 0 Å². The SMILES string of the molecule is CO[C@@H]1[C@@H](O)[C@H](O[C@@H]2[C@@H](O)[C@H](O[C@H]3[C@H](O)[C@@H](O)[C@H](O[C@H]4[C@H](O[C@H]5CC[C@]6(C)C7=C[C@H](O)[C@]89C(=O)O[C@@](C)(CCCC(C)C)[C@@]8(O)CC[C@@]9(C)[C@@H]7CC[C@@H]6C5(C)C)OC[C@H](O[C@@H]5O[C@H](CO)[C@@H](O)[C@H](O[C@@H]6O[C@H](CO)[C@@H](O)[C@H](OC)[C@H]6O)[C@H]5O)[C@@H]4O)O[C@@H]3C)O[C@H](CO)[C@H]2O)O[C@H](CO)[C@H]1O. The fourth-order valence-electron chi connectivity index (χ4n) is 19.4. The molecule has 576 valence electrons. The Bertz CT molecular complexity index is 2790. The van der Waals surface area contributed by atoms with E-state index in [2.05, 4.69) is 20.8 Å². The molecule has 0 amide bonds. The molecule has 1 spiro atoms. The maximum atomic E-state index is 14.7. The first-order valence-corrected chi connectivity index (χ1v) is 35.3. The normalized spacial score (nSPS) is 53.3. The monoisotopic (exact) mass is 1440 g/mol. The minimum atomic E-state index is -2.10. The summed E-state index contributed by atoms with van der Waals surface area (Å²) in [4.78, 5) is 14.7. The van der Waals surface area contributed by atoms with Gasteiger partial charge in [0, 0.05) is 14.2 Å². The zero-order chi connectivity index (χ0) is 73.0. The van der Waals surface area contributed by atoms with E-state index in [9.17, 15) is 91.6 Å². The molecule has 10 fully saturated rings. The van der Waals surface area contributed by atoms with Crippen LogP contribution in [0.5, 0.6) is 0 Å². The summed E-state index contributed by atoms with van der Waals surface area (Å²) in [6.45, 7) is 11.9. The smallest absolute Gasteiger partial charge is 0.319 e. The van der Waals surface area contributed by atoms with Crippen LogP contribution >= 0.6 is 0 Å². The van der Waals surface area contributed by atoms with Crippen LogP contribution in [0, 0.1) is 39.4 Å². The van der Waals surface area contributed by atoms with E-state index in [1.54, 1.807) is 6.92 Å². The molecule has 7 aliphatic heterocycles. The van der Waals surface area contributed by atoms with Gasteiger partial charge in [-0.3, -0.25) is 4.79 Å². The van der Waals surface area contributed by atoms with Gasteiger partial charge >= 0.3 is 5.97 Å². The Morgan fingerprint density at radius 3 is 1.49 bits per heavy atom. The van der Waals surface area contributed by atoms with Gasteiger partial charge in [0.25, 0.3) is 0 Å². The number of cyclic esters (lactones) is 1. The van der Waals surface area contributed by atoms with Crippen LogP contribution in [0.4, 0.5) is 0 Å². The molecule has 0 aromatic carbocycles. The van der Waals surface area contributed by atoms with Crippen molar-refractivity contribution in [2.75, 3.05) is 47.3 Å². The second-order valence-electron chi connectivity index (χ2n) is 31.3. The fraction of sp³-hybridized carbons (Fsp3) is 0.955. The summed E-state index contributed by atoms with van der Waals surface area (Å²) in [6.07, 6.45) is -45.0. The van der Waals surface area contributed by atoms with Crippen LogP contribution < -0.4 is 0 Å². The predicted molar refractivity (Wildman–Crippen MR) is 333 cm³/mol. The molecule has 11 aliphatic rings. The van der Waals surface area contributed by atoms with Crippen molar-refractivity contribution in [3.63, 3.8) is 0 Å². The molecule has 0 bridgehead atoms. The second kappa shape index (κ2) is 30.2. The summed E-state index contributed by atoms with van der Waals surface area (Å²) in [6, 6.07) is 0. The molecule has 33 nitrogen and oxygen atoms in total. The van der Waals surface area contributed by atoms with Crippen molar-refractivity contribution in [2.24, 2.45) is 39.4 Å². The molecule has 33 heteroatoms. The number of hydrogen-bond acceptors (Lipinski definition) is 33. The minimum Gasteiger partial charge on any atom is -0.456 e. The van der Waals surface area contributed by atoms with Crippen LogP contribution in [0.2, 0.25) is 0 Å². The van der Waals surface area contributed by atoms with Crippen molar-refractivity contribution in [1.82, 2.24) is 0 Å². The minimum absolute atomic E-state index is 0.161. The first-order chi connectivity index (χ1) is 47.1. The number of allylic oxidation sites excluding steroid dienone is 1. The Morgan fingerprint density at radius 1 is 0.520 bits per heavy atom. The largest absolute Gasteiger partial charge is 0.456 e. The van der Waals surface area contributed by atoms with Crippen molar-refractivity contribution in [3.8, 4) is 0 Å². The van der Waals surface area contributed by atoms with Gasteiger partial charge in [-0.15, -0.1) is 0 Å². The van der Waals surface area contributed by atoms with Crippen molar-refractivity contribution < 1.29 is 163 Å². The second-order valence-corrected chi connectivity index (χ2v) is 31.3. The summed E-state index contributed by atoms with van der Waals surface area (Å²) in [5.41, 5.74) is -5.73. The van der Waals surface area contributed by atoms with Crippen LogP contribution in [0.1, 0.15) is 113 Å². The first kappa shape index (κ1) is 79.0. The molecule has 38 atom stereocenters. The molecule has 17 N–H and O–H groups in total. The van der Waals surface area contributed by atoms with E-state index in [1.807, 2.05) is 26.8 Å². The Hall–Kier alpha value is -2.03. The third kappa shape index (κ3) is 13.0. The van der Waals surface area contributed by atoms with E-state index in [4.69, 9.17) is 71.1 Å². The quantitative estimate of drug-likeness (QED) is 0.0274. The van der Waals surface area contributed by atoms with Crippen LogP contribution in [-0.4, -0.2) is 342 Å². The Morgan fingerprint density at radius 2 is 0.990 bits per heavy atom. The molecule has 0 aromatic rings. The molecule has 7 saturated heterocycles. The fourth-order valence-corrected chi connectivity index (χ4v) is 19.4. The van der Waals surface area contributed by atoms with Gasteiger partial charge in [-0.2, -0.15) is 0 Å². The highest BCUT2D eigenvalue weighted by Crippen LogP contribution is 2.77. The number of carbonyl (C=O) groups excluding carboxylic acids is 1. The zero-order valence-corrected chi connectivity index (χ0v) is 58.2. The molecule has 0 radical (unpaired) electrons. The lowest BCUT2D eigenvalue weighted by molar-refractivity contribution is -0.397. The van der Waals surface area contributed by atoms with Crippen LogP contribution in [0.3, 0.4) is 0 Å². The van der Waals surface area contributed by atoms with Crippen molar-refractivity contribution >= 4 is 5.97 Å². The van der Waals surface area contributed by atoms with Gasteiger partial charge < -0.3 is 158 Å². The highest BCUT2D eigenvalue weighted by Gasteiger charge is 2.85. The van der Waals surface area contributed by atoms with E-state index in [1.165, 1.54) is 21.1 Å². The highest BCUT2D eigenvalue weighted by atomic mass is 16.8. The molecule has 3 saturated carbocycles. The molecule has 7 heterocycles. The van der Waals surface area contributed by atoms with Crippen molar-refractivity contribution in [3.05, 3.63) is 11.6 Å². The van der Waals surface area contributed by atoms with Gasteiger partial charge in [0.1, 0.15) is 151 Å². The van der Waals surface area contributed by atoms with Gasteiger partial charge in [-0.1, -0.05) is 59.6 Å². The summed E-state index contributed by atoms with van der Waals surface area (Å²) in [5.74, 6) is -0.568. The molecular formula is C67H110O33. The van der Waals surface area contributed by atoms with Crippen LogP contribution in [0.25, 0.3) is 0 Å². The van der Waals surface area contributed by atoms with E-state index < -0.39 is 262 Å². The third-order valence-electron chi connectivity index (χ3n) is 25.1. The predicted octanol–water partition coefficient (Wildman–Crippen LogP) is -4.92. The number of aliphatic hydroxyl groups is 17. The van der Waals surface area contributed by atoms with Gasteiger partial charge in [-0.05, 0) is 99.2 Å². The van der Waals surface area contributed by atoms with Crippen LogP contribution in [0.15, 0.2) is 11.6 Å². The molecule has 11 rings (SSSR count). The third-order valence-corrected chi connectivity index (χ3v) is 25.1. The Labute approximate surface area is 579 Å². The summed E-state index contributed by atoms with van der Waals surface area (Å²) in [5, 5.41) is 193. The van der Waals surface area contributed by atoms with Gasteiger partial charge in [0.05, 0.1) is 51.3 Å². The molecule has 4 aliphatic carbocycles. The molecule has 0 aromatic heterocycles. The van der Waals surface area contributed by atoms with E-state index >= 15 is 0 Å². The average molecular weight is 1440 g/mol. The maximum Gasteiger partial charge on any atom is 0.319 e. The van der Waals surface area contributed by atoms with Crippen molar-refractivity contribution in [2.45, 2.75) is 315 Å². The standard InChI is InChI=1S/C67H110O33/c1-26(2)12-11-16-65(8)66(85)19-18-64(7)28-13-14-35-62(4,5)37(15-17-63(35,6)29(28)20-36(72)67(64,66)61(84)100-65)95-60-54(42(77)34(25-88-60)94-56-47(82)52(40(75)32(23-70)90-56)97-57-45(80)50(86-9)38(73)30(21-68)91-57)99-55-44(79)43(78)49(27(3)89-55)96-59-48(83)53(41(76)33(24-71)93-59)98-58-46(81)51(87-10)39(74)31(22-69)92-58/h20,26-28,30-60,68-83,85H,11-19,21-25H2,1-10H3/t27-,28-,30-,31-,32-,33-,34+,35-,36+,37+,38-,39-,40-,41-,42+,43-,44-,45-,46-,47-,48-,49-,50+,51+,52+,53+,54-,55+,56+,57+,58+,59+,60+,63-,64+,65+,66+,67-/m1/s1. The number of carbonyl (C=O) groups is 1. The van der Waals surface area contributed by atoms with Gasteiger partial charge in [0.2, 0.25) is 0 Å². The Kier molecular flexibility index (Phi) is 23.9. The maximum absolute atomic E-state index is 14.7. The van der Waals surface area contributed by atoms with E-state index in [-0.39, 0.29) is 18.3 Å². The topological polar surface area (TPSA) is 499 Å². The number of methoxy groups -OCH3 is 2. The molecular weight excluding hydrogens is 1330 g/mol. The number of hydrogen-bond donors (Lipinski definition) is 17. The van der Waals surface area contributed by atoms with E-state index in [0.717, 1.165) is 18.4 Å². The van der Waals surface area contributed by atoms with E-state index in [0.29, 0.717) is 44.4 Å². The number of ether oxygens (including phenoxy) is 15. The first-order valence-electron chi connectivity index (χ1n) is 35.3. The summed E-state index contributed by atoms with van der Waals surface area (Å²) < 4.78 is 90.0. The number of rotatable bonds is 22. The van der Waals surface area contributed by atoms with Crippen LogP contribution in [-0.2, 0) is 75.8 Å². The number of aliphatic hydroxyl groups excluding tert-OH is 16. The van der Waals surface area contributed by atoms with Gasteiger partial charge in [-0.25, -0.2) is 0 Å². The average Bonchev–Trinajstić information content (AvgIpc) is 1.50. The lowest BCUT2D eigenvalue weighted by atomic mass is 9.40. The number of fused-ring (bicyclic) bond motifs is 4.